The molecule has 1 aromatic rings. The van der Waals surface area contributed by atoms with E-state index in [0.717, 1.165) is 12.1 Å². The number of hydrogen-bond acceptors (Lipinski definition) is 7. The molecule has 0 unspecified atom stereocenters. The molecule has 0 aliphatic rings. The van der Waals surface area contributed by atoms with E-state index >= 15 is 0 Å². The molecule has 1 N–H and O–H groups in total. The molecule has 118 valence electrons. The quantitative estimate of drug-likeness (QED) is 0.221. The summed E-state index contributed by atoms with van der Waals surface area (Å²) < 4.78 is 9.63. The monoisotopic (exact) mass is 309 g/mol. The van der Waals surface area contributed by atoms with Gasteiger partial charge in [-0.15, -0.1) is 0 Å². The van der Waals surface area contributed by atoms with Crippen molar-refractivity contribution in [2.24, 2.45) is 0 Å². The largest absolute Gasteiger partial charge is 0.512 e. The lowest BCUT2D eigenvalue weighted by Crippen LogP contribution is -2.11. The highest BCUT2D eigenvalue weighted by molar-refractivity contribution is 6.18. The minimum absolute atomic E-state index is 0.0103. The van der Waals surface area contributed by atoms with Crippen molar-refractivity contribution in [2.75, 3.05) is 6.61 Å². The standard InChI is InChI=1S/C14H15NO7/c1-4-21-14(18)13(8(2)16)11-7-10(22-9(3)17)5-6-12(11)15(19)20/h5-7,16H,4H2,1-3H3/b13-8+. The fourth-order valence-electron chi connectivity index (χ4n) is 1.76. The summed E-state index contributed by atoms with van der Waals surface area (Å²) in [7, 11) is 0. The molecular formula is C14H15NO7. The second kappa shape index (κ2) is 7.21. The highest BCUT2D eigenvalue weighted by atomic mass is 16.6. The lowest BCUT2D eigenvalue weighted by molar-refractivity contribution is -0.385. The Morgan fingerprint density at radius 1 is 1.32 bits per heavy atom. The first-order valence-electron chi connectivity index (χ1n) is 6.32. The lowest BCUT2D eigenvalue weighted by Gasteiger charge is -2.10. The average Bonchev–Trinajstić information content (AvgIpc) is 2.37. The fourth-order valence-corrected chi connectivity index (χ4v) is 1.76. The lowest BCUT2D eigenvalue weighted by atomic mass is 10.0. The molecule has 0 radical (unpaired) electrons. The smallest absolute Gasteiger partial charge is 0.342 e. The van der Waals surface area contributed by atoms with Gasteiger partial charge in [0, 0.05) is 13.0 Å². The van der Waals surface area contributed by atoms with Crippen LogP contribution in [0.15, 0.2) is 24.0 Å². The maximum atomic E-state index is 11.9. The number of allylic oxidation sites excluding steroid dienone is 1. The van der Waals surface area contributed by atoms with Gasteiger partial charge in [0.05, 0.1) is 17.1 Å². The van der Waals surface area contributed by atoms with Crippen LogP contribution in [0.4, 0.5) is 5.69 Å². The van der Waals surface area contributed by atoms with Crippen molar-refractivity contribution in [3.05, 3.63) is 39.6 Å². The Labute approximate surface area is 126 Å². The molecule has 1 aromatic carbocycles. The number of nitro benzene ring substituents is 1. The highest BCUT2D eigenvalue weighted by Crippen LogP contribution is 2.32. The minimum atomic E-state index is -0.912. The van der Waals surface area contributed by atoms with Crippen molar-refractivity contribution in [2.45, 2.75) is 20.8 Å². The molecule has 0 heterocycles. The molecule has 0 spiro atoms. The molecule has 8 nitrogen and oxygen atoms in total. The van der Waals surface area contributed by atoms with Crippen molar-refractivity contribution in [3.8, 4) is 5.75 Å². The summed E-state index contributed by atoms with van der Waals surface area (Å²) in [5.74, 6) is -1.97. The third-order valence-corrected chi connectivity index (χ3v) is 2.54. The first kappa shape index (κ1) is 17.2. The van der Waals surface area contributed by atoms with Gasteiger partial charge in [0.25, 0.3) is 5.69 Å². The van der Waals surface area contributed by atoms with Gasteiger partial charge in [0.1, 0.15) is 17.1 Å². The number of rotatable bonds is 5. The van der Waals surface area contributed by atoms with Gasteiger partial charge in [-0.25, -0.2) is 4.79 Å². The van der Waals surface area contributed by atoms with E-state index in [4.69, 9.17) is 9.47 Å². The Balaban J connectivity index is 3.51. The number of carbonyl (C=O) groups is 2. The van der Waals surface area contributed by atoms with Gasteiger partial charge in [0.2, 0.25) is 0 Å². The van der Waals surface area contributed by atoms with E-state index < -0.39 is 28.3 Å². The molecule has 8 heteroatoms. The molecule has 0 aromatic heterocycles. The van der Waals surface area contributed by atoms with E-state index in [1.54, 1.807) is 6.92 Å². The molecule has 0 aliphatic heterocycles. The first-order chi connectivity index (χ1) is 10.3. The summed E-state index contributed by atoms with van der Waals surface area (Å²) in [6.07, 6.45) is 0. The second-order valence-electron chi connectivity index (χ2n) is 4.21. The Hall–Kier alpha value is -2.90. The van der Waals surface area contributed by atoms with Crippen LogP contribution in [0.2, 0.25) is 0 Å². The predicted octanol–water partition coefficient (Wildman–Crippen LogP) is 2.37. The van der Waals surface area contributed by atoms with Gasteiger partial charge < -0.3 is 14.6 Å². The van der Waals surface area contributed by atoms with Crippen molar-refractivity contribution in [3.63, 3.8) is 0 Å². The van der Waals surface area contributed by atoms with Gasteiger partial charge in [-0.05, 0) is 26.0 Å². The number of esters is 2. The number of benzene rings is 1. The van der Waals surface area contributed by atoms with Crippen molar-refractivity contribution in [1.82, 2.24) is 0 Å². The summed E-state index contributed by atoms with van der Waals surface area (Å²) in [6, 6.07) is 3.43. The maximum absolute atomic E-state index is 11.9. The van der Waals surface area contributed by atoms with Crippen LogP contribution in [-0.2, 0) is 14.3 Å². The molecule has 0 saturated heterocycles. The van der Waals surface area contributed by atoms with Gasteiger partial charge in [0.15, 0.2) is 0 Å². The Kier molecular flexibility index (Phi) is 5.62. The van der Waals surface area contributed by atoms with E-state index in [0.29, 0.717) is 0 Å². The fraction of sp³-hybridized carbons (Fsp3) is 0.286. The van der Waals surface area contributed by atoms with Crippen molar-refractivity contribution < 1.29 is 29.1 Å². The third-order valence-electron chi connectivity index (χ3n) is 2.54. The van der Waals surface area contributed by atoms with Crippen LogP contribution in [-0.4, -0.2) is 28.6 Å². The predicted molar refractivity (Wildman–Crippen MR) is 76.3 cm³/mol. The normalized spacial score (nSPS) is 11.4. The molecule has 0 fully saturated rings. The van der Waals surface area contributed by atoms with Crippen LogP contribution >= 0.6 is 0 Å². The van der Waals surface area contributed by atoms with Gasteiger partial charge in [-0.3, -0.25) is 14.9 Å². The Morgan fingerprint density at radius 3 is 2.41 bits per heavy atom. The number of carbonyl (C=O) groups excluding carboxylic acids is 2. The number of aliphatic hydroxyl groups is 1. The Bertz CT molecular complexity index is 645. The summed E-state index contributed by atoms with van der Waals surface area (Å²) in [5.41, 5.74) is -0.975. The first-order valence-corrected chi connectivity index (χ1v) is 6.32. The van der Waals surface area contributed by atoms with E-state index in [1.165, 1.54) is 19.9 Å². The van der Waals surface area contributed by atoms with Gasteiger partial charge >= 0.3 is 11.9 Å². The summed E-state index contributed by atoms with van der Waals surface area (Å²) in [5, 5.41) is 20.8. The van der Waals surface area contributed by atoms with E-state index in [-0.39, 0.29) is 23.5 Å². The molecule has 0 amide bonds. The molecule has 0 bridgehead atoms. The van der Waals surface area contributed by atoms with Crippen LogP contribution < -0.4 is 4.74 Å². The van der Waals surface area contributed by atoms with Crippen molar-refractivity contribution in [1.29, 1.82) is 0 Å². The maximum Gasteiger partial charge on any atom is 0.342 e. The highest BCUT2D eigenvalue weighted by Gasteiger charge is 2.26. The van der Waals surface area contributed by atoms with E-state index in [2.05, 4.69) is 0 Å². The van der Waals surface area contributed by atoms with E-state index in [1.807, 2.05) is 0 Å². The molecular weight excluding hydrogens is 294 g/mol. The zero-order valence-corrected chi connectivity index (χ0v) is 12.3. The number of hydrogen-bond donors (Lipinski definition) is 1. The molecule has 0 aliphatic carbocycles. The average molecular weight is 309 g/mol. The number of nitrogens with zero attached hydrogens (tertiary/aromatic N) is 1. The number of ether oxygens (including phenoxy) is 2. The molecule has 0 saturated carbocycles. The van der Waals surface area contributed by atoms with Crippen LogP contribution in [0, 0.1) is 10.1 Å². The van der Waals surface area contributed by atoms with Crippen LogP contribution in [0.25, 0.3) is 5.57 Å². The zero-order chi connectivity index (χ0) is 16.9. The zero-order valence-electron chi connectivity index (χ0n) is 12.3. The van der Waals surface area contributed by atoms with E-state index in [9.17, 15) is 24.8 Å². The summed E-state index contributed by atoms with van der Waals surface area (Å²) in [6.45, 7) is 3.97. The van der Waals surface area contributed by atoms with Crippen LogP contribution in [0.3, 0.4) is 0 Å². The second-order valence-corrected chi connectivity index (χ2v) is 4.21. The SMILES string of the molecule is CCOC(=O)/C(=C(\C)O)c1cc(OC(C)=O)ccc1[N+](=O)[O-]. The topological polar surface area (TPSA) is 116 Å². The van der Waals surface area contributed by atoms with Crippen LogP contribution in [0.1, 0.15) is 26.3 Å². The third kappa shape index (κ3) is 4.05. The summed E-state index contributed by atoms with van der Waals surface area (Å²) >= 11 is 0. The minimum Gasteiger partial charge on any atom is -0.512 e. The molecule has 22 heavy (non-hydrogen) atoms. The van der Waals surface area contributed by atoms with Gasteiger partial charge in [-0.1, -0.05) is 0 Å². The van der Waals surface area contributed by atoms with Crippen LogP contribution in [0.5, 0.6) is 5.75 Å². The molecule has 1 rings (SSSR count). The number of aliphatic hydroxyl groups excluding tert-OH is 1. The van der Waals surface area contributed by atoms with Crippen molar-refractivity contribution >= 4 is 23.2 Å². The Morgan fingerprint density at radius 2 is 1.95 bits per heavy atom. The molecule has 0 atom stereocenters. The number of nitro groups is 1. The summed E-state index contributed by atoms with van der Waals surface area (Å²) in [4.78, 5) is 33.3. The van der Waals surface area contributed by atoms with Gasteiger partial charge in [-0.2, -0.15) is 0 Å².